The highest BCUT2D eigenvalue weighted by Crippen LogP contribution is 2.24. The molecule has 2 heterocycles. The number of hydrogen-bond donors (Lipinski definition) is 3. The van der Waals surface area contributed by atoms with E-state index >= 15 is 0 Å². The van der Waals surface area contributed by atoms with E-state index in [2.05, 4.69) is 40.9 Å². The lowest BCUT2D eigenvalue weighted by atomic mass is 10.1. The maximum absolute atomic E-state index is 13.1. The zero-order valence-corrected chi connectivity index (χ0v) is 22.6. The Morgan fingerprint density at radius 1 is 1.10 bits per heavy atom. The second kappa shape index (κ2) is 12.7. The summed E-state index contributed by atoms with van der Waals surface area (Å²) in [5, 5.41) is 17.5. The Labute approximate surface area is 240 Å². The van der Waals surface area contributed by atoms with E-state index in [-0.39, 0.29) is 5.91 Å². The average molecular weight is 569 g/mol. The number of amides is 2. The minimum Gasteiger partial charge on any atom is -0.453 e. The molecule has 0 aliphatic carbocycles. The van der Waals surface area contributed by atoms with Gasteiger partial charge in [0.2, 0.25) is 5.91 Å². The fourth-order valence-corrected chi connectivity index (χ4v) is 4.33. The van der Waals surface area contributed by atoms with Crippen LogP contribution in [-0.2, 0) is 16.0 Å². The number of hydrogen-bond acceptors (Lipinski definition) is 7. The quantitative estimate of drug-likeness (QED) is 0.213. The Balaban J connectivity index is 1.36. The van der Waals surface area contributed by atoms with Crippen molar-refractivity contribution in [3.05, 3.63) is 113 Å². The zero-order chi connectivity index (χ0) is 28.6. The van der Waals surface area contributed by atoms with Crippen molar-refractivity contribution in [2.75, 3.05) is 12.4 Å². The summed E-state index contributed by atoms with van der Waals surface area (Å²) in [7, 11) is 1.31. The van der Waals surface area contributed by atoms with Gasteiger partial charge in [-0.2, -0.15) is 4.68 Å². The zero-order valence-electron chi connectivity index (χ0n) is 21.9. The number of methoxy groups -OCH3 is 1. The minimum absolute atomic E-state index is 0.315. The van der Waals surface area contributed by atoms with Gasteiger partial charge in [0.25, 0.3) is 0 Å². The van der Waals surface area contributed by atoms with Gasteiger partial charge < -0.3 is 15.0 Å². The number of anilines is 1. The third kappa shape index (κ3) is 7.02. The molecule has 0 fully saturated rings. The molecular weight excluding hydrogens is 544 g/mol. The second-order valence-electron chi connectivity index (χ2n) is 8.92. The lowest BCUT2D eigenvalue weighted by molar-refractivity contribution is -0.117. The first-order valence-electron chi connectivity index (χ1n) is 12.5. The number of tetrazole rings is 1. The summed E-state index contributed by atoms with van der Waals surface area (Å²) in [4.78, 5) is 32.5. The molecule has 12 heteroatoms. The number of aromatic nitrogens is 6. The van der Waals surface area contributed by atoms with Gasteiger partial charge in [-0.3, -0.25) is 10.1 Å². The van der Waals surface area contributed by atoms with Gasteiger partial charge in [0.05, 0.1) is 30.7 Å². The molecule has 2 aromatic heterocycles. The number of carbonyl (C=O) groups excluding carboxylic acids is 2. The van der Waals surface area contributed by atoms with Crippen LogP contribution in [0, 0.1) is 0 Å². The number of nitrogens with zero attached hydrogens (tertiary/aromatic N) is 5. The largest absolute Gasteiger partial charge is 0.453 e. The molecule has 0 saturated heterocycles. The monoisotopic (exact) mass is 568 g/mol. The first kappa shape index (κ1) is 27.3. The van der Waals surface area contributed by atoms with Crippen LogP contribution in [0.3, 0.4) is 0 Å². The maximum Gasteiger partial charge on any atom is 0.411 e. The highest BCUT2D eigenvalue weighted by Gasteiger charge is 2.18. The van der Waals surface area contributed by atoms with Gasteiger partial charge in [-0.25, -0.2) is 9.78 Å². The topological polar surface area (TPSA) is 140 Å². The molecule has 0 saturated carbocycles. The molecule has 0 aliphatic heterocycles. The van der Waals surface area contributed by atoms with Crippen LogP contribution in [0.2, 0.25) is 5.02 Å². The van der Waals surface area contributed by atoms with Gasteiger partial charge >= 0.3 is 6.09 Å². The SMILES string of the molecule is COC(=O)Nc1ccc(-c2cnc([C@H](Cc3ccccc3)NC(=O)C=Cc3cc(Cl)ccc3-n3cnnn3)[nH]2)cc1. The van der Waals surface area contributed by atoms with Crippen molar-refractivity contribution in [3.8, 4) is 16.9 Å². The van der Waals surface area contributed by atoms with Crippen LogP contribution in [0.25, 0.3) is 23.0 Å². The maximum atomic E-state index is 13.1. The molecular formula is C29H25ClN8O3. The molecule has 0 radical (unpaired) electrons. The van der Waals surface area contributed by atoms with Gasteiger partial charge in [0, 0.05) is 22.3 Å². The fraction of sp³-hybridized carbons (Fsp3) is 0.103. The first-order chi connectivity index (χ1) is 20.0. The van der Waals surface area contributed by atoms with Crippen LogP contribution < -0.4 is 10.6 Å². The van der Waals surface area contributed by atoms with E-state index in [4.69, 9.17) is 11.6 Å². The van der Waals surface area contributed by atoms with Gasteiger partial charge in [-0.1, -0.05) is 54.1 Å². The third-order valence-corrected chi connectivity index (χ3v) is 6.39. The summed E-state index contributed by atoms with van der Waals surface area (Å²) in [6, 6.07) is 21.9. The molecule has 0 bridgehead atoms. The van der Waals surface area contributed by atoms with Crippen molar-refractivity contribution < 1.29 is 14.3 Å². The van der Waals surface area contributed by atoms with Crippen molar-refractivity contribution >= 4 is 35.4 Å². The van der Waals surface area contributed by atoms with Crippen LogP contribution in [-0.4, -0.2) is 49.3 Å². The third-order valence-electron chi connectivity index (χ3n) is 6.15. The number of ether oxygens (including phenoxy) is 1. The van der Waals surface area contributed by atoms with Gasteiger partial charge in [0.1, 0.15) is 12.2 Å². The van der Waals surface area contributed by atoms with E-state index in [0.717, 1.165) is 16.8 Å². The lowest BCUT2D eigenvalue weighted by Crippen LogP contribution is -2.29. The first-order valence-corrected chi connectivity index (χ1v) is 12.9. The van der Waals surface area contributed by atoms with Gasteiger partial charge in [0.15, 0.2) is 0 Å². The molecule has 5 aromatic rings. The Kier molecular flexibility index (Phi) is 8.46. The smallest absolute Gasteiger partial charge is 0.411 e. The summed E-state index contributed by atoms with van der Waals surface area (Å²) in [6.07, 6.45) is 6.25. The highest BCUT2D eigenvalue weighted by molar-refractivity contribution is 6.30. The molecule has 0 aliphatic rings. The van der Waals surface area contributed by atoms with Crippen molar-refractivity contribution in [1.29, 1.82) is 0 Å². The molecule has 1 atom stereocenters. The molecule has 11 nitrogen and oxygen atoms in total. The molecule has 3 N–H and O–H groups in total. The number of nitrogens with one attached hydrogen (secondary N) is 3. The Hall–Kier alpha value is -5.29. The van der Waals surface area contributed by atoms with E-state index in [9.17, 15) is 9.59 Å². The fourth-order valence-electron chi connectivity index (χ4n) is 4.15. The summed E-state index contributed by atoms with van der Waals surface area (Å²) in [6.45, 7) is 0. The molecule has 41 heavy (non-hydrogen) atoms. The Bertz CT molecular complexity index is 1650. The average Bonchev–Trinajstić information content (AvgIpc) is 3.70. The summed E-state index contributed by atoms with van der Waals surface area (Å²) in [5.41, 5.74) is 4.60. The summed E-state index contributed by atoms with van der Waals surface area (Å²) in [5.74, 6) is 0.282. The van der Waals surface area contributed by atoms with Crippen molar-refractivity contribution in [2.24, 2.45) is 0 Å². The molecule has 2 amide bonds. The van der Waals surface area contributed by atoms with Gasteiger partial charge in [-0.15, -0.1) is 5.10 Å². The van der Waals surface area contributed by atoms with Crippen LogP contribution in [0.5, 0.6) is 0 Å². The summed E-state index contributed by atoms with van der Waals surface area (Å²) >= 11 is 6.21. The van der Waals surface area contributed by atoms with Gasteiger partial charge in [-0.05, 0) is 64.4 Å². The lowest BCUT2D eigenvalue weighted by Gasteiger charge is -2.16. The second-order valence-corrected chi connectivity index (χ2v) is 9.35. The van der Waals surface area contributed by atoms with E-state index in [1.54, 1.807) is 42.6 Å². The Morgan fingerprint density at radius 3 is 2.63 bits per heavy atom. The minimum atomic E-state index is -0.544. The standard InChI is InChI=1S/C29H25ClN8O3/c1-41-29(40)33-23-11-7-20(8-12-23)25-17-31-28(35-25)24(15-19-5-3-2-4-6-19)34-27(39)14-9-21-16-22(30)10-13-26(21)38-18-32-36-37-38/h2-14,16-18,24H,15H2,1H3,(H,31,35)(H,33,40)(H,34,39)/t24-/m0/s1. The van der Waals surface area contributed by atoms with Crippen molar-refractivity contribution in [2.45, 2.75) is 12.5 Å². The van der Waals surface area contributed by atoms with Crippen LogP contribution in [0.1, 0.15) is 23.0 Å². The molecule has 3 aromatic carbocycles. The number of H-pyrrole nitrogens is 1. The van der Waals surface area contributed by atoms with Crippen LogP contribution in [0.15, 0.2) is 91.4 Å². The normalized spacial score (nSPS) is 11.8. The summed E-state index contributed by atoms with van der Waals surface area (Å²) < 4.78 is 6.12. The van der Waals surface area contributed by atoms with E-state index in [0.29, 0.717) is 34.2 Å². The number of benzene rings is 3. The number of rotatable bonds is 9. The predicted molar refractivity (Wildman–Crippen MR) is 154 cm³/mol. The number of halogens is 1. The number of aromatic amines is 1. The highest BCUT2D eigenvalue weighted by atomic mass is 35.5. The van der Waals surface area contributed by atoms with Crippen molar-refractivity contribution in [1.82, 2.24) is 35.5 Å². The Morgan fingerprint density at radius 2 is 1.90 bits per heavy atom. The predicted octanol–water partition coefficient (Wildman–Crippen LogP) is 5.00. The van der Waals surface area contributed by atoms with Crippen molar-refractivity contribution in [3.63, 3.8) is 0 Å². The molecule has 5 rings (SSSR count). The van der Waals surface area contributed by atoms with Crippen LogP contribution in [0.4, 0.5) is 10.5 Å². The van der Waals surface area contributed by atoms with Crippen LogP contribution >= 0.6 is 11.6 Å². The van der Waals surface area contributed by atoms with E-state index in [1.807, 2.05) is 42.5 Å². The van der Waals surface area contributed by atoms with E-state index < -0.39 is 12.1 Å². The van der Waals surface area contributed by atoms with E-state index in [1.165, 1.54) is 24.2 Å². The number of carbonyl (C=O) groups is 2. The molecule has 0 spiro atoms. The molecule has 206 valence electrons. The number of imidazole rings is 1. The molecule has 0 unspecified atom stereocenters.